The summed E-state index contributed by atoms with van der Waals surface area (Å²) in [5.41, 5.74) is 0. The van der Waals surface area contributed by atoms with Gasteiger partial charge in [0, 0.05) is 13.1 Å². The Balaban J connectivity index is 2.62. The molecular weight excluding hydrogens is 248 g/mol. The molecule has 8 heteroatoms. The number of morpholine rings is 1. The number of carboxylic acids is 1. The third-order valence-corrected chi connectivity index (χ3v) is 3.86. The Hall–Kier alpha value is -0.700. The van der Waals surface area contributed by atoms with Gasteiger partial charge >= 0.3 is 5.97 Å². The van der Waals surface area contributed by atoms with Crippen LogP contribution in [0.2, 0.25) is 0 Å². The third kappa shape index (κ3) is 4.23. The van der Waals surface area contributed by atoms with Gasteiger partial charge < -0.3 is 9.84 Å². The summed E-state index contributed by atoms with van der Waals surface area (Å²) in [6, 6.07) is 0. The first-order valence-electron chi connectivity index (χ1n) is 5.42. The molecule has 0 radical (unpaired) electrons. The van der Waals surface area contributed by atoms with Gasteiger partial charge in [-0.3, -0.25) is 0 Å². The fourth-order valence-corrected chi connectivity index (χ4v) is 2.73. The quantitative estimate of drug-likeness (QED) is 0.683. The van der Waals surface area contributed by atoms with Crippen molar-refractivity contribution in [1.82, 2.24) is 9.03 Å². The Bertz CT molecular complexity index is 368. The maximum absolute atomic E-state index is 11.8. The van der Waals surface area contributed by atoms with Gasteiger partial charge in [-0.05, 0) is 5.92 Å². The van der Waals surface area contributed by atoms with Crippen LogP contribution in [-0.2, 0) is 19.7 Å². The highest BCUT2D eigenvalue weighted by Crippen LogP contribution is 2.09. The zero-order chi connectivity index (χ0) is 13.1. The monoisotopic (exact) mass is 266 g/mol. The summed E-state index contributed by atoms with van der Waals surface area (Å²) in [6.45, 7) is 4.24. The fraction of sp³-hybridized carbons (Fsp3) is 0.889. The standard InChI is InChI=1S/C9H18N2O5S/c1-7(2)5-10-17(14,15)11-3-4-16-8(6-11)9(12)13/h7-8,10H,3-6H2,1-2H3,(H,12,13). The van der Waals surface area contributed by atoms with Crippen LogP contribution in [0.5, 0.6) is 0 Å². The molecule has 1 fully saturated rings. The molecule has 100 valence electrons. The molecule has 0 spiro atoms. The summed E-state index contributed by atoms with van der Waals surface area (Å²) in [7, 11) is -3.60. The van der Waals surface area contributed by atoms with Crippen LogP contribution in [0.3, 0.4) is 0 Å². The number of nitrogens with zero attached hydrogens (tertiary/aromatic N) is 1. The van der Waals surface area contributed by atoms with Gasteiger partial charge in [-0.2, -0.15) is 12.7 Å². The number of carboxylic acid groups (broad SMARTS) is 1. The van der Waals surface area contributed by atoms with Gasteiger partial charge in [0.25, 0.3) is 10.2 Å². The van der Waals surface area contributed by atoms with Crippen molar-refractivity contribution in [2.45, 2.75) is 20.0 Å². The van der Waals surface area contributed by atoms with E-state index in [1.807, 2.05) is 13.8 Å². The summed E-state index contributed by atoms with van der Waals surface area (Å²) in [5.74, 6) is -0.949. The van der Waals surface area contributed by atoms with Gasteiger partial charge in [0.2, 0.25) is 0 Å². The van der Waals surface area contributed by atoms with E-state index in [0.29, 0.717) is 6.54 Å². The van der Waals surface area contributed by atoms with Gasteiger partial charge in [0.1, 0.15) is 0 Å². The summed E-state index contributed by atoms with van der Waals surface area (Å²) in [4.78, 5) is 10.7. The minimum Gasteiger partial charge on any atom is -0.479 e. The molecule has 1 aliphatic heterocycles. The van der Waals surface area contributed by atoms with Gasteiger partial charge in [-0.15, -0.1) is 0 Å². The Morgan fingerprint density at radius 2 is 2.24 bits per heavy atom. The van der Waals surface area contributed by atoms with Crippen molar-refractivity contribution in [3.05, 3.63) is 0 Å². The summed E-state index contributed by atoms with van der Waals surface area (Å²) in [6.07, 6.45) is -1.08. The van der Waals surface area contributed by atoms with Crippen LogP contribution < -0.4 is 4.72 Å². The molecule has 1 saturated heterocycles. The number of ether oxygens (including phenoxy) is 1. The normalized spacial score (nSPS) is 22.9. The molecule has 0 amide bonds. The Morgan fingerprint density at radius 1 is 1.59 bits per heavy atom. The Morgan fingerprint density at radius 3 is 2.76 bits per heavy atom. The molecule has 2 N–H and O–H groups in total. The largest absolute Gasteiger partial charge is 0.479 e. The predicted octanol–water partition coefficient (Wildman–Crippen LogP) is -0.738. The number of hydrogen-bond acceptors (Lipinski definition) is 4. The molecular formula is C9H18N2O5S. The molecule has 0 bridgehead atoms. The smallest absolute Gasteiger partial charge is 0.334 e. The van der Waals surface area contributed by atoms with E-state index in [0.717, 1.165) is 4.31 Å². The molecule has 1 heterocycles. The average Bonchev–Trinajstić information content (AvgIpc) is 2.27. The molecule has 0 aromatic carbocycles. The molecule has 1 unspecified atom stereocenters. The topological polar surface area (TPSA) is 95.9 Å². The maximum Gasteiger partial charge on any atom is 0.334 e. The first kappa shape index (κ1) is 14.4. The highest BCUT2D eigenvalue weighted by Gasteiger charge is 2.32. The van der Waals surface area contributed by atoms with Gasteiger partial charge in [0.05, 0.1) is 13.2 Å². The highest BCUT2D eigenvalue weighted by molar-refractivity contribution is 7.87. The van der Waals surface area contributed by atoms with E-state index in [2.05, 4.69) is 4.72 Å². The first-order chi connectivity index (χ1) is 7.83. The van der Waals surface area contributed by atoms with Crippen LogP contribution >= 0.6 is 0 Å². The molecule has 0 aromatic heterocycles. The van der Waals surface area contributed by atoms with Crippen LogP contribution in [0, 0.1) is 5.92 Å². The molecule has 1 atom stereocenters. The van der Waals surface area contributed by atoms with Crippen molar-refractivity contribution < 1.29 is 23.1 Å². The highest BCUT2D eigenvalue weighted by atomic mass is 32.2. The van der Waals surface area contributed by atoms with E-state index >= 15 is 0 Å². The lowest BCUT2D eigenvalue weighted by Crippen LogP contribution is -2.52. The van der Waals surface area contributed by atoms with E-state index in [4.69, 9.17) is 9.84 Å². The van der Waals surface area contributed by atoms with Gasteiger partial charge in [-0.1, -0.05) is 13.8 Å². The third-order valence-electron chi connectivity index (χ3n) is 2.32. The first-order valence-corrected chi connectivity index (χ1v) is 6.86. The molecule has 0 saturated carbocycles. The van der Waals surface area contributed by atoms with Crippen molar-refractivity contribution >= 4 is 16.2 Å². The van der Waals surface area contributed by atoms with Crippen molar-refractivity contribution in [2.75, 3.05) is 26.2 Å². The number of nitrogens with one attached hydrogen (secondary N) is 1. The predicted molar refractivity (Wildman–Crippen MR) is 60.7 cm³/mol. The maximum atomic E-state index is 11.8. The van der Waals surface area contributed by atoms with Crippen molar-refractivity contribution in [3.8, 4) is 0 Å². The Kier molecular flexibility index (Phi) is 4.87. The number of rotatable bonds is 5. The molecule has 7 nitrogen and oxygen atoms in total. The summed E-state index contributed by atoms with van der Waals surface area (Å²) < 4.78 is 32.2. The van der Waals surface area contributed by atoms with Crippen molar-refractivity contribution in [1.29, 1.82) is 0 Å². The number of carbonyl (C=O) groups is 1. The summed E-state index contributed by atoms with van der Waals surface area (Å²) in [5, 5.41) is 8.77. The van der Waals surface area contributed by atoms with E-state index in [1.165, 1.54) is 0 Å². The van der Waals surface area contributed by atoms with E-state index in [9.17, 15) is 13.2 Å². The molecule has 0 aromatic rings. The second-order valence-electron chi connectivity index (χ2n) is 4.30. The Labute approximate surface area is 101 Å². The molecule has 0 aliphatic carbocycles. The molecule has 17 heavy (non-hydrogen) atoms. The van der Waals surface area contributed by atoms with E-state index in [1.54, 1.807) is 0 Å². The number of hydrogen-bond donors (Lipinski definition) is 2. The lowest BCUT2D eigenvalue weighted by molar-refractivity contribution is -0.153. The zero-order valence-corrected chi connectivity index (χ0v) is 10.7. The van der Waals surface area contributed by atoms with Crippen LogP contribution in [0.1, 0.15) is 13.8 Å². The fourth-order valence-electron chi connectivity index (χ4n) is 1.36. The van der Waals surface area contributed by atoms with E-state index < -0.39 is 22.3 Å². The lowest BCUT2D eigenvalue weighted by atomic mass is 10.2. The van der Waals surface area contributed by atoms with E-state index in [-0.39, 0.29) is 25.6 Å². The van der Waals surface area contributed by atoms with Crippen LogP contribution in [-0.4, -0.2) is 56.1 Å². The molecule has 1 rings (SSSR count). The summed E-state index contributed by atoms with van der Waals surface area (Å²) >= 11 is 0. The molecule has 1 aliphatic rings. The van der Waals surface area contributed by atoms with Crippen LogP contribution in [0.4, 0.5) is 0 Å². The minimum atomic E-state index is -3.60. The lowest BCUT2D eigenvalue weighted by Gasteiger charge is -2.30. The average molecular weight is 266 g/mol. The van der Waals surface area contributed by atoms with Gasteiger partial charge in [0.15, 0.2) is 6.10 Å². The van der Waals surface area contributed by atoms with Gasteiger partial charge in [-0.25, -0.2) is 9.52 Å². The zero-order valence-electron chi connectivity index (χ0n) is 9.92. The second-order valence-corrected chi connectivity index (χ2v) is 6.06. The minimum absolute atomic E-state index is 0.0968. The van der Waals surface area contributed by atoms with Crippen molar-refractivity contribution in [3.63, 3.8) is 0 Å². The SMILES string of the molecule is CC(C)CNS(=O)(=O)N1CCOC(C(=O)O)C1. The van der Waals surface area contributed by atoms with Crippen LogP contribution in [0.15, 0.2) is 0 Å². The van der Waals surface area contributed by atoms with Crippen LogP contribution in [0.25, 0.3) is 0 Å². The second kappa shape index (κ2) is 5.76. The van der Waals surface area contributed by atoms with Crippen molar-refractivity contribution in [2.24, 2.45) is 5.92 Å². The number of aliphatic carboxylic acids is 1.